The van der Waals surface area contributed by atoms with Crippen LogP contribution in [-0.4, -0.2) is 0 Å². The highest BCUT2D eigenvalue weighted by Crippen LogP contribution is 2.46. The first-order valence-corrected chi connectivity index (χ1v) is 12.3. The Hall–Kier alpha value is -4.82. The van der Waals surface area contributed by atoms with Gasteiger partial charge in [-0.25, -0.2) is 5.48 Å². The number of rotatable bonds is 0. The van der Waals surface area contributed by atoms with Crippen molar-refractivity contribution in [3.05, 3.63) is 122 Å². The van der Waals surface area contributed by atoms with Crippen LogP contribution in [0.15, 0.2) is 122 Å². The van der Waals surface area contributed by atoms with E-state index in [2.05, 4.69) is 107 Å². The number of nitrogens with one attached hydrogen (secondary N) is 1. The van der Waals surface area contributed by atoms with Gasteiger partial charge in [-0.15, -0.1) is 0 Å². The highest BCUT2D eigenvalue weighted by molar-refractivity contribution is 6.40. The van der Waals surface area contributed by atoms with Gasteiger partial charge in [0.1, 0.15) is 6.26 Å². The van der Waals surface area contributed by atoms with Crippen LogP contribution in [0, 0.1) is 0 Å². The quantitative estimate of drug-likeness (QED) is 0.180. The molecule has 0 bridgehead atoms. The first-order valence-electron chi connectivity index (χ1n) is 12.3. The molecule has 0 aromatic heterocycles. The standard InChI is InChI=1S/C30H16.C4H5NO/c1-3-7-23-17(5-1)13-19-9-11-22-16-26-24-8-4-2-6-18(24)14-20-10-12-21-15-25(23)27(19)29(22)30(21)28(20)26;1-2-4-6-5-3-1/h1-16H;1-5H. The zero-order valence-corrected chi connectivity index (χ0v) is 19.5. The van der Waals surface area contributed by atoms with Crippen LogP contribution in [0.5, 0.6) is 0 Å². The Balaban J connectivity index is 0.000000304. The summed E-state index contributed by atoms with van der Waals surface area (Å²) >= 11 is 0. The van der Waals surface area contributed by atoms with Gasteiger partial charge in [-0.1, -0.05) is 72.8 Å². The Morgan fingerprint density at radius 1 is 0.417 bits per heavy atom. The molecule has 2 heteroatoms. The Bertz CT molecular complexity index is 2000. The molecule has 0 unspecified atom stereocenters. The summed E-state index contributed by atoms with van der Waals surface area (Å²) in [6.45, 7) is 0. The lowest BCUT2D eigenvalue weighted by atomic mass is 9.84. The van der Waals surface area contributed by atoms with Crippen LogP contribution in [-0.2, 0) is 4.84 Å². The lowest BCUT2D eigenvalue weighted by Crippen LogP contribution is -2.01. The van der Waals surface area contributed by atoms with Crippen molar-refractivity contribution >= 4 is 75.4 Å². The second-order valence-electron chi connectivity index (χ2n) is 9.49. The van der Waals surface area contributed by atoms with E-state index in [9.17, 15) is 0 Å². The van der Waals surface area contributed by atoms with Crippen molar-refractivity contribution in [3.63, 3.8) is 0 Å². The number of hydroxylamine groups is 1. The molecule has 1 aliphatic heterocycles. The predicted octanol–water partition coefficient (Wildman–Crippen LogP) is 9.18. The molecule has 1 heterocycles. The van der Waals surface area contributed by atoms with Gasteiger partial charge in [-0.05, 0) is 112 Å². The Kier molecular flexibility index (Phi) is 3.97. The van der Waals surface area contributed by atoms with Crippen LogP contribution in [0.25, 0.3) is 75.4 Å². The average molecular weight is 460 g/mol. The van der Waals surface area contributed by atoms with E-state index >= 15 is 0 Å². The molecule has 2 nitrogen and oxygen atoms in total. The van der Waals surface area contributed by atoms with E-state index in [0.29, 0.717) is 0 Å². The first-order chi connectivity index (χ1) is 17.9. The van der Waals surface area contributed by atoms with E-state index in [-0.39, 0.29) is 0 Å². The van der Waals surface area contributed by atoms with E-state index in [1.807, 2.05) is 6.08 Å². The predicted molar refractivity (Wildman–Crippen MR) is 154 cm³/mol. The summed E-state index contributed by atoms with van der Waals surface area (Å²) in [5.74, 6) is 0. The maximum Gasteiger partial charge on any atom is 0.119 e. The molecule has 8 aromatic carbocycles. The van der Waals surface area contributed by atoms with Crippen molar-refractivity contribution < 1.29 is 4.84 Å². The number of hydrogen-bond acceptors (Lipinski definition) is 2. The summed E-state index contributed by atoms with van der Waals surface area (Å²) in [5, 5.41) is 19.0. The number of hydrogen-bond donors (Lipinski definition) is 1. The minimum absolute atomic E-state index is 1.31. The normalized spacial score (nSPS) is 13.2. The topological polar surface area (TPSA) is 21.3 Å². The smallest absolute Gasteiger partial charge is 0.119 e. The highest BCUT2D eigenvalue weighted by Gasteiger charge is 2.18. The van der Waals surface area contributed by atoms with Crippen molar-refractivity contribution in [3.8, 4) is 0 Å². The van der Waals surface area contributed by atoms with Gasteiger partial charge in [-0.3, -0.25) is 0 Å². The maximum absolute atomic E-state index is 4.55. The first kappa shape index (κ1) is 19.5. The van der Waals surface area contributed by atoms with Crippen LogP contribution >= 0.6 is 0 Å². The second kappa shape index (κ2) is 7.34. The fraction of sp³-hybridized carbons (Fsp3) is 0. The SMILES string of the molecule is C1=CNOC=C1.c1ccc2c(c1)cc1ccc3cc4c5ccccc5cc5ccc6cc2c1c3c6c54. The third kappa shape index (κ3) is 2.67. The molecule has 0 saturated carbocycles. The van der Waals surface area contributed by atoms with E-state index in [1.54, 1.807) is 18.5 Å². The molecule has 0 amide bonds. The van der Waals surface area contributed by atoms with E-state index in [4.69, 9.17) is 0 Å². The Morgan fingerprint density at radius 2 is 0.917 bits per heavy atom. The van der Waals surface area contributed by atoms with Crippen molar-refractivity contribution in [1.82, 2.24) is 5.48 Å². The van der Waals surface area contributed by atoms with Gasteiger partial charge in [-0.2, -0.15) is 0 Å². The number of allylic oxidation sites excluding steroid dienone is 2. The van der Waals surface area contributed by atoms with E-state index < -0.39 is 0 Å². The van der Waals surface area contributed by atoms with Gasteiger partial charge >= 0.3 is 0 Å². The molecule has 1 aliphatic rings. The fourth-order valence-electron chi connectivity index (χ4n) is 6.08. The molecule has 0 saturated heterocycles. The van der Waals surface area contributed by atoms with Crippen LogP contribution in [0.1, 0.15) is 0 Å². The third-order valence-electron chi connectivity index (χ3n) is 7.54. The molecule has 0 atom stereocenters. The van der Waals surface area contributed by atoms with Crippen molar-refractivity contribution in [1.29, 1.82) is 0 Å². The zero-order valence-electron chi connectivity index (χ0n) is 19.5. The second-order valence-corrected chi connectivity index (χ2v) is 9.49. The summed E-state index contributed by atoms with van der Waals surface area (Å²) in [7, 11) is 0. The summed E-state index contributed by atoms with van der Waals surface area (Å²) in [6, 6.07) is 36.3. The van der Waals surface area contributed by atoms with Gasteiger partial charge < -0.3 is 4.84 Å². The summed E-state index contributed by atoms with van der Waals surface area (Å²) in [4.78, 5) is 4.55. The lowest BCUT2D eigenvalue weighted by molar-refractivity contribution is 0.172. The van der Waals surface area contributed by atoms with E-state index in [0.717, 1.165) is 0 Å². The van der Waals surface area contributed by atoms with Gasteiger partial charge in [0, 0.05) is 6.20 Å². The number of fused-ring (bicyclic) bond motifs is 4. The molecule has 8 aromatic rings. The molecule has 0 aliphatic carbocycles. The van der Waals surface area contributed by atoms with Gasteiger partial charge in [0.25, 0.3) is 0 Å². The molecule has 0 spiro atoms. The minimum atomic E-state index is 1.31. The minimum Gasteiger partial charge on any atom is -0.391 e. The lowest BCUT2D eigenvalue weighted by Gasteiger charge is -2.19. The molecular formula is C34H21NO. The van der Waals surface area contributed by atoms with Gasteiger partial charge in [0.15, 0.2) is 0 Å². The Labute approximate surface area is 207 Å². The zero-order chi connectivity index (χ0) is 23.6. The molecular weight excluding hydrogens is 438 g/mol. The van der Waals surface area contributed by atoms with Crippen molar-refractivity contribution in [2.45, 2.75) is 0 Å². The molecule has 36 heavy (non-hydrogen) atoms. The molecule has 1 N–H and O–H groups in total. The van der Waals surface area contributed by atoms with Gasteiger partial charge in [0.05, 0.1) is 0 Å². The van der Waals surface area contributed by atoms with Crippen molar-refractivity contribution in [2.75, 3.05) is 0 Å². The summed E-state index contributed by atoms with van der Waals surface area (Å²) in [5.41, 5.74) is 2.52. The van der Waals surface area contributed by atoms with E-state index in [1.165, 1.54) is 75.4 Å². The molecule has 0 fully saturated rings. The van der Waals surface area contributed by atoms with Crippen LogP contribution in [0.4, 0.5) is 0 Å². The van der Waals surface area contributed by atoms with Gasteiger partial charge in [0.2, 0.25) is 0 Å². The van der Waals surface area contributed by atoms with Crippen molar-refractivity contribution in [2.24, 2.45) is 0 Å². The molecule has 0 radical (unpaired) electrons. The number of benzene rings is 8. The Morgan fingerprint density at radius 3 is 1.33 bits per heavy atom. The summed E-state index contributed by atoms with van der Waals surface area (Å²) in [6.07, 6.45) is 6.93. The highest BCUT2D eigenvalue weighted by atomic mass is 16.6. The third-order valence-corrected chi connectivity index (χ3v) is 7.54. The van der Waals surface area contributed by atoms with Crippen LogP contribution in [0.3, 0.4) is 0 Å². The molecule has 9 rings (SSSR count). The summed E-state index contributed by atoms with van der Waals surface area (Å²) < 4.78 is 0. The maximum atomic E-state index is 4.55. The largest absolute Gasteiger partial charge is 0.391 e. The van der Waals surface area contributed by atoms with Crippen LogP contribution < -0.4 is 5.48 Å². The van der Waals surface area contributed by atoms with Crippen LogP contribution in [0.2, 0.25) is 0 Å². The average Bonchev–Trinajstić information content (AvgIpc) is 2.95. The monoisotopic (exact) mass is 459 g/mol. The fourth-order valence-corrected chi connectivity index (χ4v) is 6.08. The molecule has 168 valence electrons.